The SMILES string of the molecule is CN=C(N)NC(=O)c1cc2c(Cl)cccc2[nH]1. The number of benzene rings is 1. The second-order valence-electron chi connectivity index (χ2n) is 3.45. The van der Waals surface area contributed by atoms with Crippen molar-refractivity contribution in [3.8, 4) is 0 Å². The van der Waals surface area contributed by atoms with Crippen LogP contribution < -0.4 is 11.1 Å². The van der Waals surface area contributed by atoms with E-state index in [-0.39, 0.29) is 11.9 Å². The first kappa shape index (κ1) is 11.5. The number of carbonyl (C=O) groups excluding carboxylic acids is 1. The van der Waals surface area contributed by atoms with Crippen LogP contribution in [0.25, 0.3) is 10.9 Å². The predicted octanol–water partition coefficient (Wildman–Crippen LogP) is 1.50. The van der Waals surface area contributed by atoms with Gasteiger partial charge in [0.15, 0.2) is 5.96 Å². The van der Waals surface area contributed by atoms with Gasteiger partial charge in [-0.05, 0) is 18.2 Å². The minimum atomic E-state index is -0.347. The normalized spacial score (nSPS) is 11.8. The highest BCUT2D eigenvalue weighted by atomic mass is 35.5. The number of nitrogens with zero attached hydrogens (tertiary/aromatic N) is 1. The van der Waals surface area contributed by atoms with Crippen molar-refractivity contribution >= 4 is 34.4 Å². The molecular weight excluding hydrogens is 240 g/mol. The van der Waals surface area contributed by atoms with Crippen LogP contribution in [-0.2, 0) is 0 Å². The quantitative estimate of drug-likeness (QED) is 0.529. The van der Waals surface area contributed by atoms with Crippen LogP contribution in [0.15, 0.2) is 29.3 Å². The maximum atomic E-state index is 11.7. The molecule has 0 radical (unpaired) electrons. The zero-order valence-corrected chi connectivity index (χ0v) is 9.88. The highest BCUT2D eigenvalue weighted by molar-refractivity contribution is 6.35. The molecule has 0 saturated carbocycles. The Morgan fingerprint density at radius 1 is 1.53 bits per heavy atom. The largest absolute Gasteiger partial charge is 0.370 e. The van der Waals surface area contributed by atoms with Crippen LogP contribution in [0.3, 0.4) is 0 Å². The number of fused-ring (bicyclic) bond motifs is 1. The van der Waals surface area contributed by atoms with E-state index in [2.05, 4.69) is 15.3 Å². The third kappa shape index (κ3) is 2.24. The Morgan fingerprint density at radius 3 is 2.94 bits per heavy atom. The van der Waals surface area contributed by atoms with Crippen molar-refractivity contribution in [3.05, 3.63) is 35.0 Å². The first-order chi connectivity index (χ1) is 8.11. The Bertz CT molecular complexity index is 603. The molecule has 0 spiro atoms. The van der Waals surface area contributed by atoms with Crippen LogP contribution in [0.5, 0.6) is 0 Å². The molecule has 0 fully saturated rings. The van der Waals surface area contributed by atoms with Crippen LogP contribution in [-0.4, -0.2) is 23.9 Å². The van der Waals surface area contributed by atoms with Gasteiger partial charge in [-0.2, -0.15) is 0 Å². The molecule has 1 amide bonds. The monoisotopic (exact) mass is 250 g/mol. The highest BCUT2D eigenvalue weighted by Crippen LogP contribution is 2.23. The molecule has 1 aromatic carbocycles. The van der Waals surface area contributed by atoms with Gasteiger partial charge in [-0.25, -0.2) is 0 Å². The van der Waals surface area contributed by atoms with E-state index in [4.69, 9.17) is 17.3 Å². The Kier molecular flexibility index (Phi) is 3.01. The Labute approximate surface area is 103 Å². The summed E-state index contributed by atoms with van der Waals surface area (Å²) in [6.45, 7) is 0. The molecular formula is C11H11ClN4O. The number of nitrogens with one attached hydrogen (secondary N) is 2. The molecule has 0 aliphatic rings. The lowest BCUT2D eigenvalue weighted by Crippen LogP contribution is -2.36. The molecule has 2 aromatic rings. The Morgan fingerprint density at radius 2 is 2.29 bits per heavy atom. The maximum Gasteiger partial charge on any atom is 0.274 e. The van der Waals surface area contributed by atoms with Crippen LogP contribution >= 0.6 is 11.6 Å². The lowest BCUT2D eigenvalue weighted by molar-refractivity contribution is 0.0972. The van der Waals surface area contributed by atoms with E-state index < -0.39 is 0 Å². The Hall–Kier alpha value is -2.01. The van der Waals surface area contributed by atoms with Crippen molar-refractivity contribution in [1.82, 2.24) is 10.3 Å². The number of guanidine groups is 1. The molecule has 6 heteroatoms. The molecule has 4 N–H and O–H groups in total. The minimum Gasteiger partial charge on any atom is -0.370 e. The standard InChI is InChI=1S/C11H11ClN4O/c1-14-11(13)16-10(17)9-5-6-7(12)3-2-4-8(6)15-9/h2-5,15H,1H3,(H3,13,14,16,17). The summed E-state index contributed by atoms with van der Waals surface area (Å²) >= 11 is 6.01. The van der Waals surface area contributed by atoms with Crippen molar-refractivity contribution in [2.24, 2.45) is 10.7 Å². The number of aromatic nitrogens is 1. The number of aliphatic imine (C=N–C) groups is 1. The van der Waals surface area contributed by atoms with Crippen molar-refractivity contribution in [1.29, 1.82) is 0 Å². The number of halogens is 1. The second-order valence-corrected chi connectivity index (χ2v) is 3.85. The first-order valence-electron chi connectivity index (χ1n) is 4.92. The van der Waals surface area contributed by atoms with Crippen molar-refractivity contribution in [2.45, 2.75) is 0 Å². The van der Waals surface area contributed by atoms with Crippen LogP contribution in [0.4, 0.5) is 0 Å². The van der Waals surface area contributed by atoms with E-state index in [0.717, 1.165) is 10.9 Å². The second kappa shape index (κ2) is 4.47. The van der Waals surface area contributed by atoms with E-state index in [1.165, 1.54) is 7.05 Å². The van der Waals surface area contributed by atoms with Crippen LogP contribution in [0, 0.1) is 0 Å². The smallest absolute Gasteiger partial charge is 0.274 e. The maximum absolute atomic E-state index is 11.7. The molecule has 0 aliphatic carbocycles. The third-order valence-corrected chi connectivity index (χ3v) is 2.67. The topological polar surface area (TPSA) is 83.3 Å². The average Bonchev–Trinajstić information content (AvgIpc) is 2.74. The van der Waals surface area contributed by atoms with Gasteiger partial charge in [-0.3, -0.25) is 15.1 Å². The van der Waals surface area contributed by atoms with E-state index in [9.17, 15) is 4.79 Å². The van der Waals surface area contributed by atoms with Crippen molar-refractivity contribution in [3.63, 3.8) is 0 Å². The molecule has 88 valence electrons. The summed E-state index contributed by atoms with van der Waals surface area (Å²) in [5, 5.41) is 3.83. The van der Waals surface area contributed by atoms with Gasteiger partial charge >= 0.3 is 0 Å². The molecule has 0 atom stereocenters. The lowest BCUT2D eigenvalue weighted by atomic mass is 10.2. The van der Waals surface area contributed by atoms with Gasteiger partial charge in [0.25, 0.3) is 5.91 Å². The van der Waals surface area contributed by atoms with Crippen molar-refractivity contribution < 1.29 is 4.79 Å². The molecule has 2 rings (SSSR count). The summed E-state index contributed by atoms with van der Waals surface area (Å²) in [5.41, 5.74) is 6.60. The number of rotatable bonds is 1. The number of aromatic amines is 1. The summed E-state index contributed by atoms with van der Waals surface area (Å²) in [6.07, 6.45) is 0. The number of H-pyrrole nitrogens is 1. The molecule has 17 heavy (non-hydrogen) atoms. The summed E-state index contributed by atoms with van der Waals surface area (Å²) in [7, 11) is 1.50. The summed E-state index contributed by atoms with van der Waals surface area (Å²) < 4.78 is 0. The van der Waals surface area contributed by atoms with Gasteiger partial charge in [0.05, 0.1) is 0 Å². The number of hydrogen-bond donors (Lipinski definition) is 3. The van der Waals surface area contributed by atoms with Crippen LogP contribution in [0.1, 0.15) is 10.5 Å². The molecule has 1 heterocycles. The molecule has 1 aromatic heterocycles. The van der Waals surface area contributed by atoms with Crippen LogP contribution in [0.2, 0.25) is 5.02 Å². The van der Waals surface area contributed by atoms with E-state index >= 15 is 0 Å². The van der Waals surface area contributed by atoms with Crippen molar-refractivity contribution in [2.75, 3.05) is 7.05 Å². The summed E-state index contributed by atoms with van der Waals surface area (Å²) in [6, 6.07) is 7.09. The number of hydrogen-bond acceptors (Lipinski definition) is 2. The molecule has 0 aliphatic heterocycles. The minimum absolute atomic E-state index is 0.0692. The lowest BCUT2D eigenvalue weighted by Gasteiger charge is -2.00. The highest BCUT2D eigenvalue weighted by Gasteiger charge is 2.11. The third-order valence-electron chi connectivity index (χ3n) is 2.34. The van der Waals surface area contributed by atoms with E-state index in [1.54, 1.807) is 12.1 Å². The van der Waals surface area contributed by atoms with E-state index in [1.807, 2.05) is 12.1 Å². The first-order valence-corrected chi connectivity index (χ1v) is 5.30. The molecule has 0 unspecified atom stereocenters. The fourth-order valence-electron chi connectivity index (χ4n) is 1.48. The fourth-order valence-corrected chi connectivity index (χ4v) is 1.71. The van der Waals surface area contributed by atoms with Gasteiger partial charge in [-0.15, -0.1) is 0 Å². The molecule has 0 saturated heterocycles. The number of carbonyl (C=O) groups is 1. The summed E-state index contributed by atoms with van der Waals surface area (Å²) in [5.74, 6) is -0.278. The molecule has 0 bridgehead atoms. The van der Waals surface area contributed by atoms with Gasteiger partial charge in [0.1, 0.15) is 5.69 Å². The average molecular weight is 251 g/mol. The van der Waals surface area contributed by atoms with Gasteiger partial charge < -0.3 is 10.7 Å². The molecule has 5 nitrogen and oxygen atoms in total. The Balaban J connectivity index is 2.37. The van der Waals surface area contributed by atoms with Gasteiger partial charge in [-0.1, -0.05) is 17.7 Å². The number of amides is 1. The van der Waals surface area contributed by atoms with Gasteiger partial charge in [0, 0.05) is 23.0 Å². The number of nitrogens with two attached hydrogens (primary N) is 1. The van der Waals surface area contributed by atoms with Gasteiger partial charge in [0.2, 0.25) is 0 Å². The zero-order chi connectivity index (χ0) is 12.4. The summed E-state index contributed by atoms with van der Waals surface area (Å²) in [4.78, 5) is 18.4. The fraction of sp³-hybridized carbons (Fsp3) is 0.0909. The van der Waals surface area contributed by atoms with E-state index in [0.29, 0.717) is 10.7 Å². The zero-order valence-electron chi connectivity index (χ0n) is 9.12. The predicted molar refractivity (Wildman–Crippen MR) is 68.3 cm³/mol.